The summed E-state index contributed by atoms with van der Waals surface area (Å²) in [7, 11) is -1.62. The predicted molar refractivity (Wildman–Crippen MR) is 54.5 cm³/mol. The van der Waals surface area contributed by atoms with Crippen molar-refractivity contribution in [2.45, 2.75) is 6.18 Å². The van der Waals surface area contributed by atoms with Gasteiger partial charge >= 0.3 is 6.18 Å². The fourth-order valence-corrected chi connectivity index (χ4v) is 1.68. The van der Waals surface area contributed by atoms with E-state index in [0.29, 0.717) is 0 Å². The summed E-state index contributed by atoms with van der Waals surface area (Å²) < 4.78 is 48.5. The largest absolute Gasteiger partial charge is 0.417 e. The van der Waals surface area contributed by atoms with Crippen LogP contribution in [0.4, 0.5) is 13.2 Å². The second-order valence-electron chi connectivity index (χ2n) is 2.89. The zero-order valence-electron chi connectivity index (χ0n) is 7.91. The standard InChI is InChI=1S/C10H9F3OS/c1-15(14)7-9(10(11,12)13)8-5-3-2-4-6-8/h2-7H,1H3/b9-7+. The van der Waals surface area contributed by atoms with Crippen molar-refractivity contribution >= 4 is 16.4 Å². The second kappa shape index (κ2) is 4.61. The second-order valence-corrected chi connectivity index (χ2v) is 4.13. The van der Waals surface area contributed by atoms with Crippen LogP contribution in [-0.4, -0.2) is 16.6 Å². The van der Waals surface area contributed by atoms with E-state index in [2.05, 4.69) is 0 Å². The number of rotatable bonds is 2. The minimum atomic E-state index is -4.48. The molecule has 1 atom stereocenters. The molecule has 1 aromatic carbocycles. The Labute approximate surface area is 88.1 Å². The van der Waals surface area contributed by atoms with E-state index >= 15 is 0 Å². The zero-order valence-corrected chi connectivity index (χ0v) is 8.73. The van der Waals surface area contributed by atoms with Gasteiger partial charge < -0.3 is 0 Å². The van der Waals surface area contributed by atoms with Crippen LogP contribution in [0.2, 0.25) is 0 Å². The van der Waals surface area contributed by atoms with Gasteiger partial charge in [0.25, 0.3) is 0 Å². The van der Waals surface area contributed by atoms with E-state index in [1.807, 2.05) is 0 Å². The average Bonchev–Trinajstić information content (AvgIpc) is 2.14. The van der Waals surface area contributed by atoms with Gasteiger partial charge in [-0.1, -0.05) is 30.3 Å². The first-order valence-corrected chi connectivity index (χ1v) is 5.70. The van der Waals surface area contributed by atoms with Gasteiger partial charge in [0.15, 0.2) is 0 Å². The molecule has 0 bridgehead atoms. The summed E-state index contributed by atoms with van der Waals surface area (Å²) in [5.41, 5.74) is -0.830. The summed E-state index contributed by atoms with van der Waals surface area (Å²) in [6.07, 6.45) is -3.28. The zero-order chi connectivity index (χ0) is 11.5. The van der Waals surface area contributed by atoms with E-state index in [0.717, 1.165) is 5.41 Å². The molecule has 82 valence electrons. The number of hydrogen-bond acceptors (Lipinski definition) is 1. The van der Waals surface area contributed by atoms with Crippen LogP contribution in [0.1, 0.15) is 5.56 Å². The van der Waals surface area contributed by atoms with Gasteiger partial charge in [0, 0.05) is 22.5 Å². The minimum absolute atomic E-state index is 0.0280. The average molecular weight is 234 g/mol. The van der Waals surface area contributed by atoms with Crippen LogP contribution in [0.3, 0.4) is 0 Å². The third-order valence-corrected chi connectivity index (χ3v) is 2.24. The highest BCUT2D eigenvalue weighted by atomic mass is 32.2. The van der Waals surface area contributed by atoms with Crippen molar-refractivity contribution < 1.29 is 17.4 Å². The number of halogens is 3. The van der Waals surface area contributed by atoms with Crippen LogP contribution in [0, 0.1) is 0 Å². The molecule has 15 heavy (non-hydrogen) atoms. The Morgan fingerprint density at radius 2 is 1.80 bits per heavy atom. The topological polar surface area (TPSA) is 17.1 Å². The van der Waals surface area contributed by atoms with Gasteiger partial charge in [0.05, 0.1) is 5.57 Å². The smallest absolute Gasteiger partial charge is 0.255 e. The van der Waals surface area contributed by atoms with E-state index in [4.69, 9.17) is 0 Å². The number of alkyl halides is 3. The van der Waals surface area contributed by atoms with Gasteiger partial charge in [-0.15, -0.1) is 0 Å². The summed E-state index contributed by atoms with van der Waals surface area (Å²) in [5.74, 6) is 0. The van der Waals surface area contributed by atoms with Crippen molar-refractivity contribution in [3.05, 3.63) is 41.3 Å². The van der Waals surface area contributed by atoms with E-state index in [9.17, 15) is 17.4 Å². The van der Waals surface area contributed by atoms with Crippen molar-refractivity contribution in [2.24, 2.45) is 0 Å². The molecule has 1 rings (SSSR count). The van der Waals surface area contributed by atoms with E-state index in [-0.39, 0.29) is 5.56 Å². The summed E-state index contributed by atoms with van der Waals surface area (Å²) in [6, 6.07) is 7.32. The molecular weight excluding hydrogens is 225 g/mol. The van der Waals surface area contributed by atoms with Gasteiger partial charge in [-0.25, -0.2) is 0 Å². The van der Waals surface area contributed by atoms with Crippen molar-refractivity contribution in [1.82, 2.24) is 0 Å². The Bertz CT molecular complexity index is 381. The Morgan fingerprint density at radius 1 is 1.27 bits per heavy atom. The Balaban J connectivity index is 3.20. The highest BCUT2D eigenvalue weighted by Crippen LogP contribution is 2.33. The van der Waals surface area contributed by atoms with Gasteiger partial charge in [-0.2, -0.15) is 13.2 Å². The van der Waals surface area contributed by atoms with Gasteiger partial charge in [0.1, 0.15) is 0 Å². The normalized spacial score (nSPS) is 15.1. The molecule has 1 aromatic rings. The lowest BCUT2D eigenvalue weighted by atomic mass is 10.1. The van der Waals surface area contributed by atoms with Crippen LogP contribution < -0.4 is 0 Å². The van der Waals surface area contributed by atoms with E-state index in [1.54, 1.807) is 6.07 Å². The fourth-order valence-electron chi connectivity index (χ4n) is 1.08. The lowest BCUT2D eigenvalue weighted by Crippen LogP contribution is -2.11. The molecule has 0 aliphatic heterocycles. The molecule has 0 fully saturated rings. The molecule has 0 radical (unpaired) electrons. The summed E-state index contributed by atoms with van der Waals surface area (Å²) in [5, 5.41) is 0.718. The van der Waals surface area contributed by atoms with Crippen LogP contribution in [-0.2, 0) is 10.8 Å². The van der Waals surface area contributed by atoms with Crippen molar-refractivity contribution in [3.63, 3.8) is 0 Å². The molecule has 0 heterocycles. The number of hydrogen-bond donors (Lipinski definition) is 0. The predicted octanol–water partition coefficient (Wildman–Crippen LogP) is 2.97. The van der Waals surface area contributed by atoms with E-state index in [1.165, 1.54) is 30.5 Å². The van der Waals surface area contributed by atoms with E-state index < -0.39 is 22.5 Å². The molecule has 0 spiro atoms. The molecular formula is C10H9F3OS. The molecule has 0 N–H and O–H groups in total. The molecule has 0 saturated carbocycles. The van der Waals surface area contributed by atoms with Crippen LogP contribution in [0.15, 0.2) is 35.7 Å². The first-order valence-electron chi connectivity index (χ1n) is 4.08. The molecule has 0 aliphatic carbocycles. The lowest BCUT2D eigenvalue weighted by Gasteiger charge is -2.11. The highest BCUT2D eigenvalue weighted by molar-refractivity contribution is 7.87. The Hall–Kier alpha value is -1.10. The maximum atomic E-state index is 12.6. The third kappa shape index (κ3) is 3.51. The maximum Gasteiger partial charge on any atom is 0.417 e. The summed E-state index contributed by atoms with van der Waals surface area (Å²) in [6.45, 7) is 0. The van der Waals surface area contributed by atoms with Crippen LogP contribution in [0.5, 0.6) is 0 Å². The summed E-state index contributed by atoms with van der Waals surface area (Å²) >= 11 is 0. The van der Waals surface area contributed by atoms with Crippen molar-refractivity contribution in [1.29, 1.82) is 0 Å². The third-order valence-electron chi connectivity index (χ3n) is 1.67. The molecule has 1 unspecified atom stereocenters. The van der Waals surface area contributed by atoms with Gasteiger partial charge in [-0.3, -0.25) is 4.21 Å². The van der Waals surface area contributed by atoms with Crippen LogP contribution >= 0.6 is 0 Å². The lowest BCUT2D eigenvalue weighted by molar-refractivity contribution is -0.0687. The minimum Gasteiger partial charge on any atom is -0.255 e. The summed E-state index contributed by atoms with van der Waals surface area (Å²) in [4.78, 5) is 0. The molecule has 1 nitrogen and oxygen atoms in total. The molecule has 5 heteroatoms. The Kier molecular flexibility index (Phi) is 3.68. The fraction of sp³-hybridized carbons (Fsp3) is 0.200. The Morgan fingerprint density at radius 3 is 2.20 bits per heavy atom. The monoisotopic (exact) mass is 234 g/mol. The van der Waals surface area contributed by atoms with Crippen molar-refractivity contribution in [3.8, 4) is 0 Å². The quantitative estimate of drug-likeness (QED) is 0.768. The van der Waals surface area contributed by atoms with Gasteiger partial charge in [-0.05, 0) is 5.56 Å². The first-order chi connectivity index (χ1) is 6.91. The number of allylic oxidation sites excluding steroid dienone is 1. The SMILES string of the molecule is CS(=O)/C=C(\c1ccccc1)C(F)(F)F. The van der Waals surface area contributed by atoms with Crippen molar-refractivity contribution in [2.75, 3.05) is 6.26 Å². The molecule has 0 saturated heterocycles. The maximum absolute atomic E-state index is 12.6. The number of benzene rings is 1. The molecule has 0 aromatic heterocycles. The first kappa shape index (κ1) is 12.0. The molecule has 0 aliphatic rings. The van der Waals surface area contributed by atoms with Gasteiger partial charge in [0.2, 0.25) is 0 Å². The highest BCUT2D eigenvalue weighted by Gasteiger charge is 2.34. The van der Waals surface area contributed by atoms with Crippen LogP contribution in [0.25, 0.3) is 5.57 Å². The molecule has 0 amide bonds.